The molecule has 0 spiro atoms. The van der Waals surface area contributed by atoms with Gasteiger partial charge in [0.25, 0.3) is 11.8 Å². The highest BCUT2D eigenvalue weighted by Gasteiger charge is 2.31. The number of rotatable bonds is 10. The van der Waals surface area contributed by atoms with Gasteiger partial charge in [-0.2, -0.15) is 0 Å². The van der Waals surface area contributed by atoms with Gasteiger partial charge in [-0.05, 0) is 48.7 Å². The minimum Gasteiger partial charge on any atom is -0.493 e. The standard InChI is InChI=1S/C24H25N3O6S/c1-31-17-8-3-13(9-18(17)32-2)11-26-20(28)12-33-15-6-7-16-19(10-15)34-24(21(16)22(25)29)27-23(30)14-4-5-14/h3,6-10,14H,4-5,11-12H2,1-2H3,(H2,25,29)(H,26,28)(H,27,30). The summed E-state index contributed by atoms with van der Waals surface area (Å²) in [6.07, 6.45) is 1.71. The number of carbonyl (C=O) groups excluding carboxylic acids is 3. The number of fused-ring (bicyclic) bond motifs is 1. The predicted molar refractivity (Wildman–Crippen MR) is 129 cm³/mol. The van der Waals surface area contributed by atoms with Gasteiger partial charge in [0.15, 0.2) is 18.1 Å². The van der Waals surface area contributed by atoms with Crippen LogP contribution in [0.2, 0.25) is 0 Å². The third-order valence-electron chi connectivity index (χ3n) is 5.40. The molecule has 0 atom stereocenters. The van der Waals surface area contributed by atoms with Gasteiger partial charge in [-0.1, -0.05) is 6.07 Å². The van der Waals surface area contributed by atoms with Crippen molar-refractivity contribution >= 4 is 44.1 Å². The molecule has 1 heterocycles. The summed E-state index contributed by atoms with van der Waals surface area (Å²) in [4.78, 5) is 36.4. The zero-order valence-electron chi connectivity index (χ0n) is 18.8. The average Bonchev–Trinajstić information content (AvgIpc) is 3.62. The topological polar surface area (TPSA) is 129 Å². The Kier molecular flexibility index (Phi) is 6.87. The molecular weight excluding hydrogens is 458 g/mol. The summed E-state index contributed by atoms with van der Waals surface area (Å²) < 4.78 is 16.8. The van der Waals surface area contributed by atoms with Crippen LogP contribution in [0, 0.1) is 5.92 Å². The number of nitrogens with two attached hydrogens (primary N) is 1. The van der Waals surface area contributed by atoms with Crippen LogP contribution in [-0.2, 0) is 16.1 Å². The number of amides is 3. The van der Waals surface area contributed by atoms with Gasteiger partial charge in [0, 0.05) is 22.5 Å². The molecule has 34 heavy (non-hydrogen) atoms. The van der Waals surface area contributed by atoms with Crippen LogP contribution in [0.4, 0.5) is 5.00 Å². The number of primary amides is 1. The fourth-order valence-corrected chi connectivity index (χ4v) is 4.59. The van der Waals surface area contributed by atoms with E-state index in [1.807, 2.05) is 6.07 Å². The Morgan fingerprint density at radius 1 is 1.06 bits per heavy atom. The van der Waals surface area contributed by atoms with Crippen molar-refractivity contribution in [3.8, 4) is 17.2 Å². The summed E-state index contributed by atoms with van der Waals surface area (Å²) in [6.45, 7) is 0.122. The highest BCUT2D eigenvalue weighted by Crippen LogP contribution is 2.39. The first kappa shape index (κ1) is 23.4. The van der Waals surface area contributed by atoms with Crippen LogP contribution in [0.25, 0.3) is 10.1 Å². The summed E-state index contributed by atoms with van der Waals surface area (Å²) in [5, 5.41) is 6.68. The molecule has 3 amide bonds. The smallest absolute Gasteiger partial charge is 0.258 e. The molecule has 0 radical (unpaired) electrons. The van der Waals surface area contributed by atoms with E-state index in [0.717, 1.165) is 23.1 Å². The molecule has 4 rings (SSSR count). The number of carbonyl (C=O) groups is 3. The number of hydrogen-bond donors (Lipinski definition) is 3. The van der Waals surface area contributed by atoms with Crippen molar-refractivity contribution in [3.05, 3.63) is 47.5 Å². The second-order valence-corrected chi connectivity index (χ2v) is 8.90. The van der Waals surface area contributed by atoms with Crippen molar-refractivity contribution in [1.82, 2.24) is 5.32 Å². The van der Waals surface area contributed by atoms with Crippen LogP contribution < -0.4 is 30.6 Å². The Hall–Kier alpha value is -3.79. The molecule has 178 valence electrons. The number of ether oxygens (including phenoxy) is 3. The average molecular weight is 484 g/mol. The zero-order chi connectivity index (χ0) is 24.2. The van der Waals surface area contributed by atoms with E-state index < -0.39 is 5.91 Å². The molecule has 1 fully saturated rings. The van der Waals surface area contributed by atoms with Crippen LogP contribution >= 0.6 is 11.3 Å². The molecular formula is C24H25N3O6S. The van der Waals surface area contributed by atoms with Crippen molar-refractivity contribution in [1.29, 1.82) is 0 Å². The number of thiophene rings is 1. The maximum atomic E-state index is 12.3. The SMILES string of the molecule is COc1ccc(CNC(=O)COc2ccc3c(C(N)=O)c(NC(=O)C4CC4)sc3c2)cc1OC. The predicted octanol–water partition coefficient (Wildman–Crippen LogP) is 3.06. The van der Waals surface area contributed by atoms with Crippen molar-refractivity contribution in [2.24, 2.45) is 11.7 Å². The first-order valence-corrected chi connectivity index (χ1v) is 11.5. The molecule has 2 aromatic carbocycles. The second-order valence-electron chi connectivity index (χ2n) is 7.85. The van der Waals surface area contributed by atoms with Crippen molar-refractivity contribution in [2.45, 2.75) is 19.4 Å². The molecule has 9 nitrogen and oxygen atoms in total. The van der Waals surface area contributed by atoms with Crippen molar-refractivity contribution in [3.63, 3.8) is 0 Å². The number of methoxy groups -OCH3 is 2. The van der Waals surface area contributed by atoms with E-state index in [2.05, 4.69) is 10.6 Å². The highest BCUT2D eigenvalue weighted by molar-refractivity contribution is 7.23. The fraction of sp³-hybridized carbons (Fsp3) is 0.292. The molecule has 10 heteroatoms. The lowest BCUT2D eigenvalue weighted by Crippen LogP contribution is -2.28. The molecule has 0 bridgehead atoms. The van der Waals surface area contributed by atoms with Gasteiger partial charge in [-0.3, -0.25) is 14.4 Å². The molecule has 0 unspecified atom stereocenters. The molecule has 1 aromatic heterocycles. The van der Waals surface area contributed by atoms with Gasteiger partial charge in [-0.25, -0.2) is 0 Å². The summed E-state index contributed by atoms with van der Waals surface area (Å²) in [5.41, 5.74) is 6.70. The normalized spacial score (nSPS) is 12.8. The van der Waals surface area contributed by atoms with Crippen molar-refractivity contribution < 1.29 is 28.6 Å². The maximum absolute atomic E-state index is 12.3. The number of benzene rings is 2. The third-order valence-corrected chi connectivity index (χ3v) is 6.47. The Balaban J connectivity index is 1.38. The van der Waals surface area contributed by atoms with Crippen LogP contribution in [-0.4, -0.2) is 38.5 Å². The Morgan fingerprint density at radius 3 is 2.50 bits per heavy atom. The van der Waals surface area contributed by atoms with E-state index in [4.69, 9.17) is 19.9 Å². The summed E-state index contributed by atoms with van der Waals surface area (Å²) in [5.74, 6) is 0.652. The van der Waals surface area contributed by atoms with Crippen molar-refractivity contribution in [2.75, 3.05) is 26.1 Å². The van der Waals surface area contributed by atoms with E-state index in [1.165, 1.54) is 11.3 Å². The monoisotopic (exact) mass is 483 g/mol. The van der Waals surface area contributed by atoms with Crippen LogP contribution in [0.1, 0.15) is 28.8 Å². The van der Waals surface area contributed by atoms with E-state index >= 15 is 0 Å². The molecule has 1 aliphatic rings. The Labute approximate surface area is 200 Å². The maximum Gasteiger partial charge on any atom is 0.258 e. The van der Waals surface area contributed by atoms with Gasteiger partial charge in [0.1, 0.15) is 10.8 Å². The number of hydrogen-bond acceptors (Lipinski definition) is 7. The molecule has 1 aliphatic carbocycles. The summed E-state index contributed by atoms with van der Waals surface area (Å²) in [6, 6.07) is 10.5. The molecule has 3 aromatic rings. The lowest BCUT2D eigenvalue weighted by molar-refractivity contribution is -0.123. The Morgan fingerprint density at radius 2 is 1.82 bits per heavy atom. The van der Waals surface area contributed by atoms with Gasteiger partial charge in [0.05, 0.1) is 19.8 Å². The van der Waals surface area contributed by atoms with E-state index in [0.29, 0.717) is 34.2 Å². The lowest BCUT2D eigenvalue weighted by Gasteiger charge is -2.11. The second kappa shape index (κ2) is 10.0. The largest absolute Gasteiger partial charge is 0.493 e. The summed E-state index contributed by atoms with van der Waals surface area (Å²) in [7, 11) is 3.11. The van der Waals surface area contributed by atoms with Crippen LogP contribution in [0.3, 0.4) is 0 Å². The number of anilines is 1. The first-order valence-electron chi connectivity index (χ1n) is 10.7. The van der Waals surface area contributed by atoms with Crippen LogP contribution in [0.5, 0.6) is 17.2 Å². The molecule has 0 aliphatic heterocycles. The van der Waals surface area contributed by atoms with E-state index in [1.54, 1.807) is 44.6 Å². The zero-order valence-corrected chi connectivity index (χ0v) is 19.6. The van der Waals surface area contributed by atoms with Gasteiger partial charge in [0.2, 0.25) is 5.91 Å². The number of nitrogens with one attached hydrogen (secondary N) is 2. The Bertz CT molecular complexity index is 1250. The minimum atomic E-state index is -0.611. The van der Waals surface area contributed by atoms with Crippen LogP contribution in [0.15, 0.2) is 36.4 Å². The fourth-order valence-electron chi connectivity index (χ4n) is 3.45. The van der Waals surface area contributed by atoms with Gasteiger partial charge < -0.3 is 30.6 Å². The third kappa shape index (κ3) is 5.23. The first-order chi connectivity index (χ1) is 16.4. The highest BCUT2D eigenvalue weighted by atomic mass is 32.1. The van der Waals surface area contributed by atoms with E-state index in [9.17, 15) is 14.4 Å². The van der Waals surface area contributed by atoms with Gasteiger partial charge >= 0.3 is 0 Å². The van der Waals surface area contributed by atoms with Gasteiger partial charge in [-0.15, -0.1) is 11.3 Å². The van der Waals surface area contributed by atoms with E-state index in [-0.39, 0.29) is 29.9 Å². The summed E-state index contributed by atoms with van der Waals surface area (Å²) >= 11 is 1.25. The lowest BCUT2D eigenvalue weighted by atomic mass is 10.1. The minimum absolute atomic E-state index is 0.00217. The molecule has 0 saturated heterocycles. The molecule has 4 N–H and O–H groups in total. The quantitative estimate of drug-likeness (QED) is 0.407. The molecule has 1 saturated carbocycles.